The average Bonchev–Trinajstić information content (AvgIpc) is 2.47. The summed E-state index contributed by atoms with van der Waals surface area (Å²) in [6, 6.07) is 9.86. The molecule has 0 aliphatic carbocycles. The van der Waals surface area contributed by atoms with E-state index >= 15 is 0 Å². The van der Waals surface area contributed by atoms with Gasteiger partial charge in [0.25, 0.3) is 5.91 Å². The number of hydrogen-bond donors (Lipinski definition) is 4. The Bertz CT molecular complexity index is 711. The number of hydrazone groups is 1. The molecule has 6 nitrogen and oxygen atoms in total. The molecule has 108 valence electrons. The second-order valence-electron chi connectivity index (χ2n) is 4.39. The van der Waals surface area contributed by atoms with Crippen molar-refractivity contribution in [2.24, 2.45) is 5.10 Å². The van der Waals surface area contributed by atoms with Crippen LogP contribution in [0.4, 0.5) is 0 Å². The first-order valence-electron chi connectivity index (χ1n) is 6.13. The summed E-state index contributed by atoms with van der Waals surface area (Å²) in [5.74, 6) is -0.587. The van der Waals surface area contributed by atoms with Crippen molar-refractivity contribution >= 4 is 11.6 Å². The number of nitrogens with zero attached hydrogens (tertiary/aromatic N) is 1. The van der Waals surface area contributed by atoms with Crippen molar-refractivity contribution in [2.75, 3.05) is 0 Å². The summed E-state index contributed by atoms with van der Waals surface area (Å²) in [5.41, 5.74) is 3.21. The van der Waals surface area contributed by atoms with Gasteiger partial charge in [-0.3, -0.25) is 4.79 Å². The zero-order valence-corrected chi connectivity index (χ0v) is 11.2. The van der Waals surface area contributed by atoms with E-state index in [2.05, 4.69) is 10.5 Å². The van der Waals surface area contributed by atoms with Crippen molar-refractivity contribution in [2.45, 2.75) is 6.92 Å². The van der Waals surface area contributed by atoms with Crippen LogP contribution in [-0.4, -0.2) is 26.9 Å². The van der Waals surface area contributed by atoms with Crippen LogP contribution in [0.25, 0.3) is 0 Å². The van der Waals surface area contributed by atoms with Crippen LogP contribution < -0.4 is 5.43 Å². The van der Waals surface area contributed by atoms with Crippen molar-refractivity contribution in [3.8, 4) is 17.2 Å². The number of benzene rings is 2. The van der Waals surface area contributed by atoms with Gasteiger partial charge in [0.05, 0.1) is 5.71 Å². The molecule has 0 bridgehead atoms. The fourth-order valence-electron chi connectivity index (χ4n) is 1.72. The highest BCUT2D eigenvalue weighted by Crippen LogP contribution is 2.22. The lowest BCUT2D eigenvalue weighted by molar-refractivity contribution is 0.0954. The highest BCUT2D eigenvalue weighted by Gasteiger charge is 2.08. The number of phenols is 3. The molecule has 2 aromatic carbocycles. The zero-order chi connectivity index (χ0) is 15.4. The Kier molecular flexibility index (Phi) is 4.08. The van der Waals surface area contributed by atoms with E-state index in [0.29, 0.717) is 11.3 Å². The fraction of sp³-hybridized carbons (Fsp3) is 0.0667. The van der Waals surface area contributed by atoms with Gasteiger partial charge in [0.15, 0.2) is 0 Å². The quantitative estimate of drug-likeness (QED) is 0.393. The molecular weight excluding hydrogens is 272 g/mol. The number of hydrogen-bond acceptors (Lipinski definition) is 5. The first-order valence-corrected chi connectivity index (χ1v) is 6.13. The van der Waals surface area contributed by atoms with E-state index in [1.54, 1.807) is 13.0 Å². The van der Waals surface area contributed by atoms with Crippen LogP contribution in [0.15, 0.2) is 47.6 Å². The molecule has 2 aromatic rings. The highest BCUT2D eigenvalue weighted by molar-refractivity contribution is 6.02. The SMILES string of the molecule is C/C(=N/NC(=O)c1cccc(O)c1)c1cc(O)ccc1O. The second-order valence-corrected chi connectivity index (χ2v) is 4.39. The Labute approximate surface area is 121 Å². The van der Waals surface area contributed by atoms with Gasteiger partial charge in [0.2, 0.25) is 0 Å². The number of nitrogens with one attached hydrogen (secondary N) is 1. The maximum atomic E-state index is 11.8. The third kappa shape index (κ3) is 3.50. The smallest absolute Gasteiger partial charge is 0.271 e. The molecule has 21 heavy (non-hydrogen) atoms. The van der Waals surface area contributed by atoms with Gasteiger partial charge in [-0.1, -0.05) is 6.07 Å². The van der Waals surface area contributed by atoms with Crippen LogP contribution in [0.2, 0.25) is 0 Å². The van der Waals surface area contributed by atoms with E-state index < -0.39 is 5.91 Å². The minimum atomic E-state index is -0.495. The minimum Gasteiger partial charge on any atom is -0.508 e. The van der Waals surface area contributed by atoms with E-state index in [-0.39, 0.29) is 22.8 Å². The molecule has 0 heterocycles. The molecule has 0 atom stereocenters. The van der Waals surface area contributed by atoms with Gasteiger partial charge in [-0.05, 0) is 43.3 Å². The predicted octanol–water partition coefficient (Wildman–Crippen LogP) is 1.96. The van der Waals surface area contributed by atoms with Gasteiger partial charge in [-0.15, -0.1) is 0 Å². The summed E-state index contributed by atoms with van der Waals surface area (Å²) < 4.78 is 0. The topological polar surface area (TPSA) is 102 Å². The summed E-state index contributed by atoms with van der Waals surface area (Å²) >= 11 is 0. The maximum absolute atomic E-state index is 11.8. The summed E-state index contributed by atoms with van der Waals surface area (Å²) in [6.45, 7) is 1.58. The average molecular weight is 286 g/mol. The van der Waals surface area contributed by atoms with Gasteiger partial charge in [0.1, 0.15) is 17.2 Å². The van der Waals surface area contributed by atoms with Crippen molar-refractivity contribution in [1.82, 2.24) is 5.43 Å². The second kappa shape index (κ2) is 5.96. The summed E-state index contributed by atoms with van der Waals surface area (Å²) in [4.78, 5) is 11.8. The molecule has 0 radical (unpaired) electrons. The van der Waals surface area contributed by atoms with Crippen LogP contribution in [0.3, 0.4) is 0 Å². The first kappa shape index (κ1) is 14.4. The molecule has 0 saturated heterocycles. The van der Waals surface area contributed by atoms with E-state index in [9.17, 15) is 20.1 Å². The number of amides is 1. The summed E-state index contributed by atoms with van der Waals surface area (Å²) in [5, 5.41) is 32.3. The third-order valence-corrected chi connectivity index (χ3v) is 2.80. The molecule has 1 amide bonds. The zero-order valence-electron chi connectivity index (χ0n) is 11.2. The van der Waals surface area contributed by atoms with E-state index in [1.165, 1.54) is 36.4 Å². The fourth-order valence-corrected chi connectivity index (χ4v) is 1.72. The van der Waals surface area contributed by atoms with Crippen LogP contribution in [0, 0.1) is 0 Å². The maximum Gasteiger partial charge on any atom is 0.271 e. The van der Waals surface area contributed by atoms with Gasteiger partial charge in [0, 0.05) is 11.1 Å². The number of carbonyl (C=O) groups excluding carboxylic acids is 1. The van der Waals surface area contributed by atoms with Gasteiger partial charge in [-0.2, -0.15) is 5.10 Å². The lowest BCUT2D eigenvalue weighted by Crippen LogP contribution is -2.19. The lowest BCUT2D eigenvalue weighted by atomic mass is 10.1. The first-order chi connectivity index (χ1) is 9.97. The van der Waals surface area contributed by atoms with Crippen molar-refractivity contribution < 1.29 is 20.1 Å². The van der Waals surface area contributed by atoms with Gasteiger partial charge in [-0.25, -0.2) is 5.43 Å². The summed E-state index contributed by atoms with van der Waals surface area (Å²) in [7, 11) is 0. The molecule has 0 saturated carbocycles. The van der Waals surface area contributed by atoms with E-state index in [0.717, 1.165) is 0 Å². The molecule has 0 aliphatic rings. The molecule has 0 aliphatic heterocycles. The molecule has 0 fully saturated rings. The largest absolute Gasteiger partial charge is 0.508 e. The molecule has 2 rings (SSSR count). The standard InChI is InChI=1S/C15H14N2O4/c1-9(13-8-12(19)5-6-14(13)20)16-17-15(21)10-3-2-4-11(18)7-10/h2-8,18-20H,1H3,(H,17,21)/b16-9-. The lowest BCUT2D eigenvalue weighted by Gasteiger charge is -2.06. The monoisotopic (exact) mass is 286 g/mol. The van der Waals surface area contributed by atoms with E-state index in [4.69, 9.17) is 0 Å². The van der Waals surface area contributed by atoms with Crippen LogP contribution in [0.5, 0.6) is 17.2 Å². The normalized spacial score (nSPS) is 11.2. The Morgan fingerprint density at radius 1 is 1.05 bits per heavy atom. The minimum absolute atomic E-state index is 0.0170. The summed E-state index contributed by atoms with van der Waals surface area (Å²) in [6.07, 6.45) is 0. The van der Waals surface area contributed by atoms with Crippen molar-refractivity contribution in [3.05, 3.63) is 53.6 Å². The Morgan fingerprint density at radius 3 is 2.48 bits per heavy atom. The van der Waals surface area contributed by atoms with Crippen LogP contribution in [0.1, 0.15) is 22.8 Å². The number of aromatic hydroxyl groups is 3. The number of phenolic OH excluding ortho intramolecular Hbond substituents is 3. The Balaban J connectivity index is 2.17. The van der Waals surface area contributed by atoms with Crippen LogP contribution >= 0.6 is 0 Å². The molecule has 0 unspecified atom stereocenters. The Morgan fingerprint density at radius 2 is 1.76 bits per heavy atom. The Hall–Kier alpha value is -3.02. The van der Waals surface area contributed by atoms with Crippen LogP contribution in [-0.2, 0) is 0 Å². The van der Waals surface area contributed by atoms with Gasteiger partial charge < -0.3 is 15.3 Å². The highest BCUT2D eigenvalue weighted by atomic mass is 16.3. The number of carbonyl (C=O) groups is 1. The predicted molar refractivity (Wildman–Crippen MR) is 77.6 cm³/mol. The molecule has 0 aromatic heterocycles. The van der Waals surface area contributed by atoms with E-state index in [1.807, 2.05) is 0 Å². The third-order valence-electron chi connectivity index (χ3n) is 2.80. The molecule has 4 N–H and O–H groups in total. The van der Waals surface area contributed by atoms with Gasteiger partial charge >= 0.3 is 0 Å². The molecular formula is C15H14N2O4. The van der Waals surface area contributed by atoms with Crippen molar-refractivity contribution in [1.29, 1.82) is 0 Å². The molecule has 0 spiro atoms. The van der Waals surface area contributed by atoms with Crippen molar-refractivity contribution in [3.63, 3.8) is 0 Å². The number of rotatable bonds is 3. The molecule has 6 heteroatoms.